The molecule has 1 aromatic heterocycles. The third-order valence-electron chi connectivity index (χ3n) is 3.86. The van der Waals surface area contributed by atoms with E-state index in [2.05, 4.69) is 25.7 Å². The Hall–Kier alpha value is -2.15. The predicted octanol–water partition coefficient (Wildman–Crippen LogP) is 3.40. The molecule has 0 bridgehead atoms. The van der Waals surface area contributed by atoms with Crippen molar-refractivity contribution in [2.24, 2.45) is 0 Å². The van der Waals surface area contributed by atoms with Crippen LogP contribution in [-0.4, -0.2) is 29.3 Å². The zero-order valence-electron chi connectivity index (χ0n) is 12.7. The van der Waals surface area contributed by atoms with Gasteiger partial charge in [0.1, 0.15) is 0 Å². The van der Waals surface area contributed by atoms with Gasteiger partial charge >= 0.3 is 6.03 Å². The molecule has 2 N–H and O–H groups in total. The zero-order chi connectivity index (χ0) is 15.5. The number of urea groups is 1. The molecule has 1 aliphatic rings. The largest absolute Gasteiger partial charge is 0.347 e. The summed E-state index contributed by atoms with van der Waals surface area (Å²) in [7, 11) is 0. The highest BCUT2D eigenvalue weighted by Crippen LogP contribution is 2.27. The van der Waals surface area contributed by atoms with Gasteiger partial charge in [-0.15, -0.1) is 10.2 Å². The van der Waals surface area contributed by atoms with Crippen LogP contribution >= 0.6 is 11.3 Å². The highest BCUT2D eigenvalue weighted by atomic mass is 32.1. The summed E-state index contributed by atoms with van der Waals surface area (Å²) in [6.45, 7) is 6.04. The van der Waals surface area contributed by atoms with E-state index in [-0.39, 0.29) is 6.03 Å². The van der Waals surface area contributed by atoms with Crippen molar-refractivity contribution < 1.29 is 4.79 Å². The first-order valence-electron chi connectivity index (χ1n) is 7.36. The van der Waals surface area contributed by atoms with Crippen molar-refractivity contribution in [3.8, 4) is 0 Å². The standard InChI is InChI=1S/C15H19N5OS/c1-10-6-5-7-12(11(10)2)16-13(21)17-14-18-19-15(22-14)20-8-3-4-9-20/h5-7H,3-4,8-9H2,1-2H3,(H2,16,17,18,21). The average molecular weight is 317 g/mol. The van der Waals surface area contributed by atoms with Crippen LogP contribution in [0.15, 0.2) is 18.2 Å². The van der Waals surface area contributed by atoms with Crippen LogP contribution in [0.5, 0.6) is 0 Å². The topological polar surface area (TPSA) is 70.1 Å². The maximum Gasteiger partial charge on any atom is 0.325 e. The molecule has 116 valence electrons. The second kappa shape index (κ2) is 6.31. The number of aryl methyl sites for hydroxylation is 1. The number of nitrogens with zero attached hydrogens (tertiary/aromatic N) is 3. The molecule has 2 heterocycles. The lowest BCUT2D eigenvalue weighted by atomic mass is 10.1. The molecule has 7 heteroatoms. The Labute approximate surface area is 133 Å². The minimum atomic E-state index is -0.294. The number of hydrogen-bond donors (Lipinski definition) is 2. The van der Waals surface area contributed by atoms with E-state index in [0.717, 1.165) is 35.0 Å². The summed E-state index contributed by atoms with van der Waals surface area (Å²) >= 11 is 1.41. The number of amides is 2. The van der Waals surface area contributed by atoms with E-state index in [0.29, 0.717) is 5.13 Å². The summed E-state index contributed by atoms with van der Waals surface area (Å²) in [6, 6.07) is 5.54. The molecule has 3 rings (SSSR count). The fraction of sp³-hybridized carbons (Fsp3) is 0.400. The number of aromatic nitrogens is 2. The van der Waals surface area contributed by atoms with Gasteiger partial charge in [-0.2, -0.15) is 0 Å². The number of anilines is 3. The number of rotatable bonds is 3. The smallest absolute Gasteiger partial charge is 0.325 e. The first kappa shape index (κ1) is 14.8. The summed E-state index contributed by atoms with van der Waals surface area (Å²) in [5.41, 5.74) is 3.01. The summed E-state index contributed by atoms with van der Waals surface area (Å²) in [5, 5.41) is 15.2. The third-order valence-corrected chi connectivity index (χ3v) is 4.76. The monoisotopic (exact) mass is 317 g/mol. The molecule has 0 spiro atoms. The normalized spacial score (nSPS) is 14.2. The highest BCUT2D eigenvalue weighted by Gasteiger charge is 2.17. The van der Waals surface area contributed by atoms with Gasteiger partial charge in [0.15, 0.2) is 0 Å². The summed E-state index contributed by atoms with van der Waals surface area (Å²) in [6.07, 6.45) is 2.38. The van der Waals surface area contributed by atoms with Crippen molar-refractivity contribution in [1.82, 2.24) is 10.2 Å². The average Bonchev–Trinajstić information content (AvgIpc) is 3.14. The summed E-state index contributed by atoms with van der Waals surface area (Å²) in [4.78, 5) is 14.3. The Morgan fingerprint density at radius 3 is 2.73 bits per heavy atom. The summed E-state index contributed by atoms with van der Waals surface area (Å²) in [5.74, 6) is 0. The molecular weight excluding hydrogens is 298 g/mol. The molecule has 0 unspecified atom stereocenters. The first-order valence-corrected chi connectivity index (χ1v) is 8.18. The molecule has 22 heavy (non-hydrogen) atoms. The molecule has 6 nitrogen and oxygen atoms in total. The van der Waals surface area contributed by atoms with Crippen molar-refractivity contribution >= 4 is 33.3 Å². The number of hydrogen-bond acceptors (Lipinski definition) is 5. The second-order valence-corrected chi connectivity index (χ2v) is 6.37. The minimum absolute atomic E-state index is 0.294. The second-order valence-electron chi connectivity index (χ2n) is 5.41. The molecular formula is C15H19N5OS. The van der Waals surface area contributed by atoms with Crippen LogP contribution in [0.25, 0.3) is 0 Å². The number of nitrogens with one attached hydrogen (secondary N) is 2. The van der Waals surface area contributed by atoms with E-state index in [1.807, 2.05) is 32.0 Å². The van der Waals surface area contributed by atoms with Crippen LogP contribution in [0, 0.1) is 13.8 Å². The number of carbonyl (C=O) groups excluding carboxylic acids is 1. The maximum absolute atomic E-state index is 12.1. The van der Waals surface area contributed by atoms with Crippen LogP contribution in [-0.2, 0) is 0 Å². The van der Waals surface area contributed by atoms with Crippen molar-refractivity contribution in [3.05, 3.63) is 29.3 Å². The molecule has 1 saturated heterocycles. The Bertz CT molecular complexity index is 678. The van der Waals surface area contributed by atoms with E-state index in [1.54, 1.807) is 0 Å². The van der Waals surface area contributed by atoms with Gasteiger partial charge in [0.2, 0.25) is 10.3 Å². The molecule has 0 aliphatic carbocycles. The minimum Gasteiger partial charge on any atom is -0.347 e. The van der Waals surface area contributed by atoms with Gasteiger partial charge in [0.05, 0.1) is 0 Å². The van der Waals surface area contributed by atoms with Gasteiger partial charge in [-0.05, 0) is 43.9 Å². The van der Waals surface area contributed by atoms with Crippen LogP contribution in [0.4, 0.5) is 20.7 Å². The van der Waals surface area contributed by atoms with Crippen LogP contribution in [0.3, 0.4) is 0 Å². The zero-order valence-corrected chi connectivity index (χ0v) is 13.5. The number of carbonyl (C=O) groups is 1. The lowest BCUT2D eigenvalue weighted by Crippen LogP contribution is -2.20. The Morgan fingerprint density at radius 2 is 1.95 bits per heavy atom. The molecule has 2 aromatic rings. The van der Waals surface area contributed by atoms with Gasteiger partial charge < -0.3 is 10.2 Å². The van der Waals surface area contributed by atoms with Gasteiger partial charge in [0, 0.05) is 18.8 Å². The molecule has 0 radical (unpaired) electrons. The fourth-order valence-electron chi connectivity index (χ4n) is 2.44. The predicted molar refractivity (Wildman–Crippen MR) is 89.9 cm³/mol. The van der Waals surface area contributed by atoms with Gasteiger partial charge in [-0.3, -0.25) is 5.32 Å². The Kier molecular flexibility index (Phi) is 4.24. The molecule has 0 atom stereocenters. The molecule has 0 saturated carbocycles. The quantitative estimate of drug-likeness (QED) is 0.910. The van der Waals surface area contributed by atoms with E-state index >= 15 is 0 Å². The van der Waals surface area contributed by atoms with E-state index in [4.69, 9.17) is 0 Å². The molecule has 1 aromatic carbocycles. The molecule has 2 amide bonds. The van der Waals surface area contributed by atoms with E-state index in [1.165, 1.54) is 24.2 Å². The van der Waals surface area contributed by atoms with Crippen LogP contribution in [0.1, 0.15) is 24.0 Å². The van der Waals surface area contributed by atoms with Crippen molar-refractivity contribution in [2.75, 3.05) is 28.6 Å². The van der Waals surface area contributed by atoms with Crippen LogP contribution in [0.2, 0.25) is 0 Å². The lowest BCUT2D eigenvalue weighted by molar-refractivity contribution is 0.262. The molecule has 1 aliphatic heterocycles. The third kappa shape index (κ3) is 3.19. The van der Waals surface area contributed by atoms with Crippen molar-refractivity contribution in [1.29, 1.82) is 0 Å². The Balaban J connectivity index is 1.63. The van der Waals surface area contributed by atoms with Gasteiger partial charge in [-0.25, -0.2) is 4.79 Å². The Morgan fingerprint density at radius 1 is 1.18 bits per heavy atom. The SMILES string of the molecule is Cc1cccc(NC(=O)Nc2nnc(N3CCCC3)s2)c1C. The van der Waals surface area contributed by atoms with E-state index in [9.17, 15) is 4.79 Å². The highest BCUT2D eigenvalue weighted by molar-refractivity contribution is 7.19. The summed E-state index contributed by atoms with van der Waals surface area (Å²) < 4.78 is 0. The lowest BCUT2D eigenvalue weighted by Gasteiger charge is -2.11. The van der Waals surface area contributed by atoms with Gasteiger partial charge in [-0.1, -0.05) is 23.5 Å². The fourth-order valence-corrected chi connectivity index (χ4v) is 3.23. The van der Waals surface area contributed by atoms with Crippen molar-refractivity contribution in [3.63, 3.8) is 0 Å². The number of benzene rings is 1. The van der Waals surface area contributed by atoms with Crippen LogP contribution < -0.4 is 15.5 Å². The first-order chi connectivity index (χ1) is 10.6. The maximum atomic E-state index is 12.1. The molecule has 1 fully saturated rings. The van der Waals surface area contributed by atoms with Gasteiger partial charge in [0.25, 0.3) is 0 Å². The van der Waals surface area contributed by atoms with E-state index < -0.39 is 0 Å². The van der Waals surface area contributed by atoms with Crippen molar-refractivity contribution in [2.45, 2.75) is 26.7 Å².